The van der Waals surface area contributed by atoms with Gasteiger partial charge in [-0.05, 0) is 58.1 Å². The van der Waals surface area contributed by atoms with E-state index >= 15 is 0 Å². The molecule has 0 radical (unpaired) electrons. The Balaban J connectivity index is 1.69. The molecule has 2 aromatic rings. The first-order valence-electron chi connectivity index (χ1n) is 18.9. The lowest BCUT2D eigenvalue weighted by Gasteiger charge is -2.36. The zero-order valence-corrected chi connectivity index (χ0v) is 32.2. The SMILES string of the molecule is CCCCCCCCO[C@H](COCCCCCCCCNC(=O)OCc1ccccc1)COP(OCc1ccccc1)N(C(C)C)C(C)C. The highest BCUT2D eigenvalue weighted by molar-refractivity contribution is 7.44. The summed E-state index contributed by atoms with van der Waals surface area (Å²) in [5.41, 5.74) is 2.13. The number of nitrogens with one attached hydrogen (secondary N) is 1. The summed E-state index contributed by atoms with van der Waals surface area (Å²) in [5, 5.41) is 2.85. The number of nitrogens with zero attached hydrogens (tertiary/aromatic N) is 1. The molecule has 0 heterocycles. The summed E-state index contributed by atoms with van der Waals surface area (Å²) < 4.78 is 33.1. The second kappa shape index (κ2) is 28.6. The lowest BCUT2D eigenvalue weighted by molar-refractivity contribution is -0.0414. The van der Waals surface area contributed by atoms with Gasteiger partial charge in [-0.1, -0.05) is 125 Å². The number of alkyl carbamates (subject to hydrolysis) is 1. The maximum atomic E-state index is 11.9. The van der Waals surface area contributed by atoms with Crippen LogP contribution in [-0.2, 0) is 36.5 Å². The minimum atomic E-state index is -1.27. The second-order valence-corrected chi connectivity index (χ2v) is 14.8. The van der Waals surface area contributed by atoms with Crippen molar-refractivity contribution in [1.29, 1.82) is 0 Å². The predicted octanol–water partition coefficient (Wildman–Crippen LogP) is 10.6. The van der Waals surface area contributed by atoms with E-state index in [1.165, 1.54) is 32.1 Å². The quantitative estimate of drug-likeness (QED) is 0.0641. The fourth-order valence-electron chi connectivity index (χ4n) is 5.49. The first-order valence-corrected chi connectivity index (χ1v) is 20.1. The monoisotopic (exact) mass is 702 g/mol. The van der Waals surface area contributed by atoms with Crippen molar-refractivity contribution in [3.8, 4) is 0 Å². The molecule has 1 amide bonds. The molecular weight excluding hydrogens is 635 g/mol. The molecule has 2 rings (SSSR count). The van der Waals surface area contributed by atoms with E-state index in [0.29, 0.717) is 45.1 Å². The van der Waals surface area contributed by atoms with Crippen LogP contribution in [0, 0.1) is 0 Å². The zero-order chi connectivity index (χ0) is 35.4. The Morgan fingerprint density at radius 1 is 0.673 bits per heavy atom. The summed E-state index contributed by atoms with van der Waals surface area (Å²) >= 11 is 0. The van der Waals surface area contributed by atoms with Gasteiger partial charge in [-0.25, -0.2) is 9.46 Å². The summed E-state index contributed by atoms with van der Waals surface area (Å²) in [7, 11) is -1.27. The van der Waals surface area contributed by atoms with Crippen molar-refractivity contribution in [2.45, 2.75) is 143 Å². The van der Waals surface area contributed by atoms with Gasteiger partial charge in [-0.3, -0.25) is 0 Å². The smallest absolute Gasteiger partial charge is 0.407 e. The normalized spacial score (nSPS) is 12.9. The molecule has 9 heteroatoms. The predicted molar refractivity (Wildman–Crippen MR) is 202 cm³/mol. The van der Waals surface area contributed by atoms with Gasteiger partial charge >= 0.3 is 6.09 Å². The van der Waals surface area contributed by atoms with Gasteiger partial charge in [-0.2, -0.15) is 0 Å². The Hall–Kier alpha value is -2.06. The highest BCUT2D eigenvalue weighted by Crippen LogP contribution is 2.46. The van der Waals surface area contributed by atoms with Crippen molar-refractivity contribution in [2.24, 2.45) is 0 Å². The number of hydrogen-bond donors (Lipinski definition) is 1. The van der Waals surface area contributed by atoms with Gasteiger partial charge in [0.2, 0.25) is 0 Å². The number of carbonyl (C=O) groups excluding carboxylic acids is 1. The molecule has 0 bridgehead atoms. The van der Waals surface area contributed by atoms with E-state index in [0.717, 1.165) is 69.3 Å². The van der Waals surface area contributed by atoms with E-state index in [9.17, 15) is 4.79 Å². The van der Waals surface area contributed by atoms with E-state index in [4.69, 9.17) is 23.3 Å². The van der Waals surface area contributed by atoms with Crippen molar-refractivity contribution in [1.82, 2.24) is 9.99 Å². The molecule has 0 saturated carbocycles. The van der Waals surface area contributed by atoms with E-state index in [1.54, 1.807) is 0 Å². The van der Waals surface area contributed by atoms with Crippen LogP contribution in [0.3, 0.4) is 0 Å². The topological polar surface area (TPSA) is 78.5 Å². The minimum Gasteiger partial charge on any atom is -0.445 e. The molecule has 2 aromatic carbocycles. The average Bonchev–Trinajstić information content (AvgIpc) is 3.10. The minimum absolute atomic E-state index is 0.131. The second-order valence-electron chi connectivity index (χ2n) is 13.3. The standard InChI is InChI=1S/C40H67N2O6P/c1-6-7-8-9-14-23-30-45-39(34-48-49(42(35(2)3)36(4)5)47-32-38-26-19-16-20-27-38)33-44-29-22-13-11-10-12-21-28-41-40(43)46-31-37-24-17-15-18-25-37/h15-20,24-27,35-36,39H,6-14,21-23,28-34H2,1-5H3,(H,41,43)/t39-,49?/m1/s1. The number of ether oxygens (including phenoxy) is 3. The average molecular weight is 703 g/mol. The van der Waals surface area contributed by atoms with Crippen LogP contribution in [0.1, 0.15) is 123 Å². The number of carbonyl (C=O) groups is 1. The van der Waals surface area contributed by atoms with E-state index < -0.39 is 8.53 Å². The van der Waals surface area contributed by atoms with Crippen molar-refractivity contribution in [2.75, 3.05) is 33.0 Å². The van der Waals surface area contributed by atoms with Crippen LogP contribution >= 0.6 is 8.53 Å². The first kappa shape index (κ1) is 43.1. The Labute approximate surface area is 299 Å². The highest BCUT2D eigenvalue weighted by atomic mass is 31.2. The summed E-state index contributed by atoms with van der Waals surface area (Å²) in [6.07, 6.45) is 13.4. The van der Waals surface area contributed by atoms with Gasteiger partial charge in [0.15, 0.2) is 0 Å². The first-order chi connectivity index (χ1) is 23.9. The number of unbranched alkanes of at least 4 members (excludes halogenated alkanes) is 10. The molecule has 0 aromatic heterocycles. The molecule has 278 valence electrons. The fourth-order valence-corrected chi connectivity index (χ4v) is 7.14. The Kier molecular flexibility index (Phi) is 25.2. The third kappa shape index (κ3) is 21.7. The van der Waals surface area contributed by atoms with Gasteiger partial charge in [-0.15, -0.1) is 0 Å². The lowest BCUT2D eigenvalue weighted by atomic mass is 10.1. The molecule has 0 fully saturated rings. The molecule has 1 N–H and O–H groups in total. The van der Waals surface area contributed by atoms with Crippen LogP contribution < -0.4 is 5.32 Å². The van der Waals surface area contributed by atoms with Crippen LogP contribution in [0.5, 0.6) is 0 Å². The maximum Gasteiger partial charge on any atom is 0.407 e. The van der Waals surface area contributed by atoms with Crippen LogP contribution in [0.15, 0.2) is 60.7 Å². The Bertz CT molecular complexity index is 1040. The molecule has 0 aliphatic rings. The van der Waals surface area contributed by atoms with Crippen molar-refractivity contribution < 1.29 is 28.1 Å². The molecule has 0 spiro atoms. The number of rotatable bonds is 30. The molecule has 49 heavy (non-hydrogen) atoms. The van der Waals surface area contributed by atoms with Crippen LogP contribution in [0.2, 0.25) is 0 Å². The molecule has 2 atom stereocenters. The van der Waals surface area contributed by atoms with Gasteiger partial charge in [0.1, 0.15) is 12.7 Å². The summed E-state index contributed by atoms with van der Waals surface area (Å²) in [5.74, 6) is 0. The third-order valence-corrected chi connectivity index (χ3v) is 10.2. The van der Waals surface area contributed by atoms with E-state index in [-0.39, 0.29) is 12.2 Å². The maximum absolute atomic E-state index is 11.9. The van der Waals surface area contributed by atoms with Gasteiger partial charge in [0.25, 0.3) is 8.53 Å². The van der Waals surface area contributed by atoms with Crippen LogP contribution in [0.4, 0.5) is 4.79 Å². The van der Waals surface area contributed by atoms with Crippen molar-refractivity contribution >= 4 is 14.6 Å². The lowest BCUT2D eigenvalue weighted by Crippen LogP contribution is -2.35. The van der Waals surface area contributed by atoms with Crippen LogP contribution in [-0.4, -0.2) is 61.9 Å². The number of amides is 1. The van der Waals surface area contributed by atoms with Gasteiger partial charge in [0, 0.05) is 31.8 Å². The number of benzene rings is 2. The highest BCUT2D eigenvalue weighted by Gasteiger charge is 2.28. The van der Waals surface area contributed by atoms with Gasteiger partial charge < -0.3 is 28.6 Å². The van der Waals surface area contributed by atoms with Crippen molar-refractivity contribution in [3.05, 3.63) is 71.8 Å². The molecule has 0 aliphatic carbocycles. The van der Waals surface area contributed by atoms with Gasteiger partial charge in [0.05, 0.1) is 19.8 Å². The third-order valence-electron chi connectivity index (χ3n) is 8.15. The zero-order valence-electron chi connectivity index (χ0n) is 31.3. The van der Waals surface area contributed by atoms with E-state index in [2.05, 4.69) is 56.7 Å². The molecule has 0 aliphatic heterocycles. The molecule has 1 unspecified atom stereocenters. The largest absolute Gasteiger partial charge is 0.445 e. The molecule has 0 saturated heterocycles. The Morgan fingerprint density at radius 3 is 1.84 bits per heavy atom. The summed E-state index contributed by atoms with van der Waals surface area (Å²) in [6, 6.07) is 20.6. The van der Waals surface area contributed by atoms with Crippen LogP contribution in [0.25, 0.3) is 0 Å². The molecule has 8 nitrogen and oxygen atoms in total. The number of hydrogen-bond acceptors (Lipinski definition) is 7. The van der Waals surface area contributed by atoms with E-state index in [1.807, 2.05) is 48.5 Å². The Morgan fingerprint density at radius 2 is 1.22 bits per heavy atom. The summed E-state index contributed by atoms with van der Waals surface area (Å²) in [6.45, 7) is 14.9. The molecular formula is C40H67N2O6P. The fraction of sp³-hybridized carbons (Fsp3) is 0.675. The summed E-state index contributed by atoms with van der Waals surface area (Å²) in [4.78, 5) is 11.9. The van der Waals surface area contributed by atoms with Crippen molar-refractivity contribution in [3.63, 3.8) is 0 Å².